The van der Waals surface area contributed by atoms with Crippen molar-refractivity contribution in [1.82, 2.24) is 0 Å². The highest BCUT2D eigenvalue weighted by Crippen LogP contribution is 2.26. The first-order valence-electron chi connectivity index (χ1n) is 6.32. The minimum atomic E-state index is -0.280. The molecule has 1 nitrogen and oxygen atoms in total. The summed E-state index contributed by atoms with van der Waals surface area (Å²) in [6.45, 7) is 4.36. The van der Waals surface area contributed by atoms with Gasteiger partial charge in [-0.15, -0.1) is 11.8 Å². The molecule has 0 aliphatic rings. The van der Waals surface area contributed by atoms with Crippen molar-refractivity contribution in [1.29, 1.82) is 0 Å². The van der Waals surface area contributed by atoms with Gasteiger partial charge in [-0.3, -0.25) is 0 Å². The average molecular weight is 275 g/mol. The van der Waals surface area contributed by atoms with E-state index < -0.39 is 0 Å². The standard InChI is InChI=1S/C16H18FNS/c1-11(2)13-5-3-12(4-6-13)10-19-16-8-14(17)7-15(18)9-16/h3-9,11H,10,18H2,1-2H3. The minimum absolute atomic E-state index is 0.280. The van der Waals surface area contributed by atoms with E-state index in [0.717, 1.165) is 10.6 Å². The summed E-state index contributed by atoms with van der Waals surface area (Å²) in [5.74, 6) is 1.09. The van der Waals surface area contributed by atoms with Gasteiger partial charge in [0.2, 0.25) is 0 Å². The third-order valence-electron chi connectivity index (χ3n) is 2.95. The zero-order valence-corrected chi connectivity index (χ0v) is 12.0. The highest BCUT2D eigenvalue weighted by molar-refractivity contribution is 7.98. The normalized spacial score (nSPS) is 10.9. The second-order valence-corrected chi connectivity index (χ2v) is 5.95. The number of halogens is 1. The smallest absolute Gasteiger partial charge is 0.126 e. The number of hydrogen-bond donors (Lipinski definition) is 1. The summed E-state index contributed by atoms with van der Waals surface area (Å²) < 4.78 is 13.2. The van der Waals surface area contributed by atoms with Gasteiger partial charge in [-0.25, -0.2) is 4.39 Å². The number of nitrogen functional groups attached to an aromatic ring is 1. The molecule has 0 aromatic heterocycles. The lowest BCUT2D eigenvalue weighted by Gasteiger charge is -2.07. The van der Waals surface area contributed by atoms with Gasteiger partial charge >= 0.3 is 0 Å². The van der Waals surface area contributed by atoms with Crippen molar-refractivity contribution in [2.75, 3.05) is 5.73 Å². The van der Waals surface area contributed by atoms with Crippen LogP contribution in [-0.2, 0) is 5.75 Å². The molecule has 2 aromatic rings. The van der Waals surface area contributed by atoms with Gasteiger partial charge in [0.1, 0.15) is 5.82 Å². The van der Waals surface area contributed by atoms with E-state index in [9.17, 15) is 4.39 Å². The molecule has 3 heteroatoms. The molecule has 0 atom stereocenters. The van der Waals surface area contributed by atoms with Crippen LogP contribution in [0.15, 0.2) is 47.4 Å². The number of thioether (sulfide) groups is 1. The van der Waals surface area contributed by atoms with Crippen LogP contribution >= 0.6 is 11.8 Å². The summed E-state index contributed by atoms with van der Waals surface area (Å²) in [6, 6.07) is 13.2. The van der Waals surface area contributed by atoms with Gasteiger partial charge in [0.25, 0.3) is 0 Å². The maximum absolute atomic E-state index is 13.2. The van der Waals surface area contributed by atoms with Crippen LogP contribution in [0, 0.1) is 5.82 Å². The van der Waals surface area contributed by atoms with Crippen LogP contribution in [0.3, 0.4) is 0 Å². The van der Waals surface area contributed by atoms with E-state index in [1.165, 1.54) is 23.3 Å². The summed E-state index contributed by atoms with van der Waals surface area (Å²) in [4.78, 5) is 0.866. The van der Waals surface area contributed by atoms with E-state index >= 15 is 0 Å². The van der Waals surface area contributed by atoms with Gasteiger partial charge in [-0.05, 0) is 35.2 Å². The number of rotatable bonds is 4. The summed E-state index contributed by atoms with van der Waals surface area (Å²) in [6.07, 6.45) is 0. The highest BCUT2D eigenvalue weighted by Gasteiger charge is 2.02. The number of hydrogen-bond acceptors (Lipinski definition) is 2. The number of benzene rings is 2. The molecular weight excluding hydrogens is 257 g/mol. The molecule has 2 rings (SSSR count). The molecule has 0 fully saturated rings. The van der Waals surface area contributed by atoms with Crippen LogP contribution in [0.1, 0.15) is 30.9 Å². The second-order valence-electron chi connectivity index (χ2n) is 4.91. The largest absolute Gasteiger partial charge is 0.399 e. The van der Waals surface area contributed by atoms with Crippen molar-refractivity contribution in [3.8, 4) is 0 Å². The summed E-state index contributed by atoms with van der Waals surface area (Å²) >= 11 is 1.60. The van der Waals surface area contributed by atoms with Gasteiger partial charge in [0.15, 0.2) is 0 Å². The van der Waals surface area contributed by atoms with E-state index in [1.54, 1.807) is 17.8 Å². The zero-order valence-electron chi connectivity index (χ0n) is 11.2. The van der Waals surface area contributed by atoms with E-state index in [4.69, 9.17) is 5.73 Å². The molecule has 0 unspecified atom stereocenters. The quantitative estimate of drug-likeness (QED) is 0.639. The minimum Gasteiger partial charge on any atom is -0.399 e. The Bertz CT molecular complexity index is 529. The van der Waals surface area contributed by atoms with Crippen LogP contribution in [0.4, 0.5) is 10.1 Å². The fourth-order valence-corrected chi connectivity index (χ4v) is 2.77. The SMILES string of the molecule is CC(C)c1ccc(CSc2cc(N)cc(F)c2)cc1. The molecule has 0 saturated carbocycles. The number of anilines is 1. The maximum Gasteiger partial charge on any atom is 0.126 e. The Balaban J connectivity index is 2.02. The average Bonchev–Trinajstić information content (AvgIpc) is 2.36. The molecule has 19 heavy (non-hydrogen) atoms. The van der Waals surface area contributed by atoms with E-state index in [-0.39, 0.29) is 5.82 Å². The Morgan fingerprint density at radius 1 is 1.11 bits per heavy atom. The molecular formula is C16H18FNS. The molecule has 100 valence electrons. The predicted molar refractivity (Wildman–Crippen MR) is 80.9 cm³/mol. The van der Waals surface area contributed by atoms with Crippen molar-refractivity contribution in [2.24, 2.45) is 0 Å². The van der Waals surface area contributed by atoms with Crippen LogP contribution < -0.4 is 5.73 Å². The molecule has 0 aliphatic heterocycles. The maximum atomic E-state index is 13.2. The molecule has 0 amide bonds. The van der Waals surface area contributed by atoms with Gasteiger partial charge in [0, 0.05) is 16.3 Å². The van der Waals surface area contributed by atoms with Crippen molar-refractivity contribution in [3.63, 3.8) is 0 Å². The third-order valence-corrected chi connectivity index (χ3v) is 3.99. The van der Waals surface area contributed by atoms with Crippen LogP contribution in [-0.4, -0.2) is 0 Å². The van der Waals surface area contributed by atoms with Crippen molar-refractivity contribution in [3.05, 3.63) is 59.4 Å². The Labute approximate surface area is 118 Å². The van der Waals surface area contributed by atoms with Gasteiger partial charge < -0.3 is 5.73 Å². The first kappa shape index (κ1) is 13.9. The lowest BCUT2D eigenvalue weighted by molar-refractivity contribution is 0.625. The Morgan fingerprint density at radius 3 is 2.37 bits per heavy atom. The van der Waals surface area contributed by atoms with Crippen molar-refractivity contribution < 1.29 is 4.39 Å². The third kappa shape index (κ3) is 4.00. The Kier molecular flexibility index (Phi) is 4.48. The molecule has 0 spiro atoms. The lowest BCUT2D eigenvalue weighted by Crippen LogP contribution is -1.89. The molecule has 0 saturated heterocycles. The van der Waals surface area contributed by atoms with Crippen LogP contribution in [0.25, 0.3) is 0 Å². The molecule has 0 radical (unpaired) electrons. The van der Waals surface area contributed by atoms with E-state index in [1.807, 2.05) is 0 Å². The Morgan fingerprint density at radius 2 is 1.79 bits per heavy atom. The molecule has 2 N–H and O–H groups in total. The molecule has 2 aromatic carbocycles. The molecule has 0 aliphatic carbocycles. The van der Waals surface area contributed by atoms with E-state index in [0.29, 0.717) is 11.6 Å². The first-order valence-corrected chi connectivity index (χ1v) is 7.31. The zero-order chi connectivity index (χ0) is 13.8. The van der Waals surface area contributed by atoms with Crippen LogP contribution in [0.2, 0.25) is 0 Å². The van der Waals surface area contributed by atoms with Gasteiger partial charge in [-0.2, -0.15) is 0 Å². The fourth-order valence-electron chi connectivity index (χ4n) is 1.83. The second kappa shape index (κ2) is 6.11. The highest BCUT2D eigenvalue weighted by atomic mass is 32.2. The van der Waals surface area contributed by atoms with Crippen LogP contribution in [0.5, 0.6) is 0 Å². The predicted octanol–water partition coefficient (Wildman–Crippen LogP) is 4.82. The molecule has 0 bridgehead atoms. The fraction of sp³-hybridized carbons (Fsp3) is 0.250. The monoisotopic (exact) mass is 275 g/mol. The van der Waals surface area contributed by atoms with Gasteiger partial charge in [-0.1, -0.05) is 38.1 Å². The van der Waals surface area contributed by atoms with Crippen molar-refractivity contribution in [2.45, 2.75) is 30.4 Å². The van der Waals surface area contributed by atoms with Crippen molar-refractivity contribution >= 4 is 17.4 Å². The Hall–Kier alpha value is -1.48. The summed E-state index contributed by atoms with van der Waals surface area (Å²) in [7, 11) is 0. The topological polar surface area (TPSA) is 26.0 Å². The lowest BCUT2D eigenvalue weighted by atomic mass is 10.0. The molecule has 0 heterocycles. The van der Waals surface area contributed by atoms with Gasteiger partial charge in [0.05, 0.1) is 0 Å². The summed E-state index contributed by atoms with van der Waals surface area (Å²) in [5.41, 5.74) is 8.67. The first-order chi connectivity index (χ1) is 9.04. The number of nitrogens with two attached hydrogens (primary N) is 1. The summed E-state index contributed by atoms with van der Waals surface area (Å²) in [5, 5.41) is 0. The van der Waals surface area contributed by atoms with E-state index in [2.05, 4.69) is 38.1 Å².